The van der Waals surface area contributed by atoms with Crippen molar-refractivity contribution in [3.8, 4) is 0 Å². The molecule has 1 aromatic heterocycles. The van der Waals surface area contributed by atoms with E-state index in [1.165, 1.54) is 27.7 Å². The lowest BCUT2D eigenvalue weighted by Gasteiger charge is -2.27. The third-order valence-corrected chi connectivity index (χ3v) is 5.85. The molecule has 2 heterocycles. The number of fused-ring (bicyclic) bond motifs is 1. The van der Waals surface area contributed by atoms with Crippen molar-refractivity contribution in [3.63, 3.8) is 0 Å². The summed E-state index contributed by atoms with van der Waals surface area (Å²) in [7, 11) is 0. The number of rotatable bonds is 6. The van der Waals surface area contributed by atoms with Crippen molar-refractivity contribution >= 4 is 16.7 Å². The molecule has 1 saturated heterocycles. The normalized spacial score (nSPS) is 14.4. The quantitative estimate of drug-likeness (QED) is 0.534. The zero-order valence-corrected chi connectivity index (χ0v) is 18.8. The van der Waals surface area contributed by atoms with Crippen LogP contribution in [0.4, 0.5) is 0 Å². The van der Waals surface area contributed by atoms with Gasteiger partial charge in [-0.05, 0) is 37.5 Å². The van der Waals surface area contributed by atoms with Gasteiger partial charge >= 0.3 is 0 Å². The Bertz CT molecular complexity index is 967. The molecule has 1 fully saturated rings. The van der Waals surface area contributed by atoms with Crippen LogP contribution >= 0.6 is 0 Å². The van der Waals surface area contributed by atoms with Gasteiger partial charge in [0.25, 0.3) is 0 Å². The SMILES string of the molecule is CC.CC(=O)c1ccc(Cc2c(C)n(CCN3CCOCC3)c3ccccc23)cc1. The molecule has 1 aliphatic heterocycles. The predicted octanol–water partition coefficient (Wildman–Crippen LogP) is 5.10. The van der Waals surface area contributed by atoms with Gasteiger partial charge in [0, 0.05) is 48.3 Å². The molecule has 0 N–H and O–H groups in total. The first-order chi connectivity index (χ1) is 14.6. The first kappa shape index (κ1) is 22.3. The lowest BCUT2D eigenvalue weighted by Crippen LogP contribution is -2.38. The van der Waals surface area contributed by atoms with E-state index in [1.807, 2.05) is 26.0 Å². The molecular weight excluding hydrogens is 372 g/mol. The van der Waals surface area contributed by atoms with Gasteiger partial charge in [0.2, 0.25) is 0 Å². The summed E-state index contributed by atoms with van der Waals surface area (Å²) in [4.78, 5) is 14.0. The standard InChI is InChI=1S/C24H28N2O2.C2H6/c1-18-23(17-20-7-9-21(10-8-20)19(2)27)22-5-3-4-6-24(22)26(18)12-11-25-13-15-28-16-14-25;1-2/h3-10H,11-17H2,1-2H3;1-2H3. The summed E-state index contributed by atoms with van der Waals surface area (Å²) >= 11 is 0. The fourth-order valence-electron chi connectivity index (χ4n) is 4.14. The predicted molar refractivity (Wildman–Crippen MR) is 125 cm³/mol. The fraction of sp³-hybridized carbons (Fsp3) is 0.423. The Morgan fingerprint density at radius 2 is 1.63 bits per heavy atom. The minimum atomic E-state index is 0.113. The highest BCUT2D eigenvalue weighted by Gasteiger charge is 2.16. The maximum absolute atomic E-state index is 11.5. The number of ketones is 1. The number of ether oxygens (including phenoxy) is 1. The van der Waals surface area contributed by atoms with Crippen molar-refractivity contribution in [2.75, 3.05) is 32.8 Å². The fourth-order valence-corrected chi connectivity index (χ4v) is 4.14. The van der Waals surface area contributed by atoms with Crippen LogP contribution in [0, 0.1) is 6.92 Å². The number of nitrogens with zero attached hydrogens (tertiary/aromatic N) is 2. The molecule has 1 aliphatic rings. The van der Waals surface area contributed by atoms with E-state index in [0.29, 0.717) is 0 Å². The maximum atomic E-state index is 11.5. The topological polar surface area (TPSA) is 34.5 Å². The van der Waals surface area contributed by atoms with Gasteiger partial charge in [-0.1, -0.05) is 56.3 Å². The number of hydrogen-bond donors (Lipinski definition) is 0. The highest BCUT2D eigenvalue weighted by atomic mass is 16.5. The van der Waals surface area contributed by atoms with Gasteiger partial charge in [-0.3, -0.25) is 9.69 Å². The Balaban J connectivity index is 0.00000124. The number of carbonyl (C=O) groups is 1. The Hall–Kier alpha value is -2.43. The average molecular weight is 407 g/mol. The Labute approximate surface area is 180 Å². The maximum Gasteiger partial charge on any atom is 0.159 e. The van der Waals surface area contributed by atoms with E-state index >= 15 is 0 Å². The lowest BCUT2D eigenvalue weighted by atomic mass is 10.0. The number of morpholine rings is 1. The van der Waals surface area contributed by atoms with Gasteiger partial charge in [-0.25, -0.2) is 0 Å². The molecule has 0 atom stereocenters. The third-order valence-electron chi connectivity index (χ3n) is 5.85. The van der Waals surface area contributed by atoms with Crippen LogP contribution in [0.25, 0.3) is 10.9 Å². The highest BCUT2D eigenvalue weighted by Crippen LogP contribution is 2.28. The first-order valence-electron chi connectivity index (χ1n) is 11.1. The second-order valence-electron chi connectivity index (χ2n) is 7.62. The molecule has 0 radical (unpaired) electrons. The van der Waals surface area contributed by atoms with Gasteiger partial charge in [0.1, 0.15) is 0 Å². The molecule has 4 nitrogen and oxygen atoms in total. The molecule has 0 amide bonds. The van der Waals surface area contributed by atoms with E-state index < -0.39 is 0 Å². The van der Waals surface area contributed by atoms with Crippen LogP contribution in [0.5, 0.6) is 0 Å². The number of aromatic nitrogens is 1. The molecule has 0 aliphatic carbocycles. The molecule has 0 spiro atoms. The van der Waals surface area contributed by atoms with Crippen molar-refractivity contribution in [3.05, 3.63) is 70.9 Å². The first-order valence-corrected chi connectivity index (χ1v) is 11.1. The van der Waals surface area contributed by atoms with Gasteiger partial charge < -0.3 is 9.30 Å². The van der Waals surface area contributed by atoms with E-state index in [4.69, 9.17) is 4.74 Å². The largest absolute Gasteiger partial charge is 0.379 e. The average Bonchev–Trinajstić information content (AvgIpc) is 3.06. The number of para-hydroxylation sites is 1. The van der Waals surface area contributed by atoms with Gasteiger partial charge in [-0.15, -0.1) is 0 Å². The van der Waals surface area contributed by atoms with E-state index in [9.17, 15) is 4.79 Å². The molecule has 2 aromatic carbocycles. The van der Waals surface area contributed by atoms with Crippen LogP contribution in [-0.4, -0.2) is 48.1 Å². The van der Waals surface area contributed by atoms with Crippen LogP contribution in [0.1, 0.15) is 48.0 Å². The molecule has 3 aromatic rings. The highest BCUT2D eigenvalue weighted by molar-refractivity contribution is 5.94. The summed E-state index contributed by atoms with van der Waals surface area (Å²) in [6.45, 7) is 13.6. The molecule has 160 valence electrons. The molecule has 0 unspecified atom stereocenters. The summed E-state index contributed by atoms with van der Waals surface area (Å²) in [5.74, 6) is 0.113. The molecule has 30 heavy (non-hydrogen) atoms. The minimum absolute atomic E-state index is 0.113. The Kier molecular flexibility index (Phi) is 7.83. The molecular formula is C26H34N2O2. The second-order valence-corrected chi connectivity index (χ2v) is 7.62. The van der Waals surface area contributed by atoms with Gasteiger partial charge in [0.05, 0.1) is 13.2 Å². The monoisotopic (exact) mass is 406 g/mol. The second kappa shape index (κ2) is 10.6. The van der Waals surface area contributed by atoms with Crippen molar-refractivity contribution in [1.29, 1.82) is 0 Å². The zero-order valence-electron chi connectivity index (χ0n) is 18.8. The van der Waals surface area contributed by atoms with Gasteiger partial charge in [-0.2, -0.15) is 0 Å². The Morgan fingerprint density at radius 1 is 0.967 bits per heavy atom. The molecule has 0 bridgehead atoms. The van der Waals surface area contributed by atoms with Crippen LogP contribution in [-0.2, 0) is 17.7 Å². The van der Waals surface area contributed by atoms with E-state index in [-0.39, 0.29) is 5.78 Å². The van der Waals surface area contributed by atoms with Crippen LogP contribution in [0.15, 0.2) is 48.5 Å². The van der Waals surface area contributed by atoms with Gasteiger partial charge in [0.15, 0.2) is 5.78 Å². The van der Waals surface area contributed by atoms with Crippen molar-refractivity contribution < 1.29 is 9.53 Å². The number of hydrogen-bond acceptors (Lipinski definition) is 3. The third kappa shape index (κ3) is 5.00. The Morgan fingerprint density at radius 3 is 2.30 bits per heavy atom. The lowest BCUT2D eigenvalue weighted by molar-refractivity contribution is 0.0365. The van der Waals surface area contributed by atoms with E-state index in [1.54, 1.807) is 6.92 Å². The molecule has 4 heteroatoms. The summed E-state index contributed by atoms with van der Waals surface area (Å²) in [6, 6.07) is 16.7. The summed E-state index contributed by atoms with van der Waals surface area (Å²) in [6.07, 6.45) is 0.884. The number of Topliss-reactive ketones (excluding diaryl/α,β-unsaturated/α-hetero) is 1. The van der Waals surface area contributed by atoms with Crippen LogP contribution in [0.3, 0.4) is 0 Å². The van der Waals surface area contributed by atoms with Crippen molar-refractivity contribution in [1.82, 2.24) is 9.47 Å². The van der Waals surface area contributed by atoms with Crippen molar-refractivity contribution in [2.45, 2.75) is 40.7 Å². The molecule has 0 saturated carbocycles. The summed E-state index contributed by atoms with van der Waals surface area (Å²) in [5.41, 5.74) is 6.04. The zero-order chi connectivity index (χ0) is 21.5. The van der Waals surface area contributed by atoms with Crippen LogP contribution < -0.4 is 0 Å². The summed E-state index contributed by atoms with van der Waals surface area (Å²) < 4.78 is 7.93. The van der Waals surface area contributed by atoms with E-state index in [2.05, 4.69) is 52.8 Å². The summed E-state index contributed by atoms with van der Waals surface area (Å²) in [5, 5.41) is 1.33. The smallest absolute Gasteiger partial charge is 0.159 e. The van der Waals surface area contributed by atoms with Crippen molar-refractivity contribution in [2.24, 2.45) is 0 Å². The number of benzene rings is 2. The number of carbonyl (C=O) groups excluding carboxylic acids is 1. The van der Waals surface area contributed by atoms with E-state index in [0.717, 1.165) is 51.4 Å². The molecule has 4 rings (SSSR count). The van der Waals surface area contributed by atoms with Crippen LogP contribution in [0.2, 0.25) is 0 Å². The minimum Gasteiger partial charge on any atom is -0.379 e.